The lowest BCUT2D eigenvalue weighted by atomic mass is 9.78. The third kappa shape index (κ3) is 3.62. The summed E-state index contributed by atoms with van der Waals surface area (Å²) in [5.41, 5.74) is 0.586. The molecule has 22 heavy (non-hydrogen) atoms. The molecular formula is C15H19ClFNO3S. The van der Waals surface area contributed by atoms with Crippen LogP contribution in [0.2, 0.25) is 5.02 Å². The van der Waals surface area contributed by atoms with Crippen molar-refractivity contribution >= 4 is 21.6 Å². The lowest BCUT2D eigenvalue weighted by Gasteiger charge is -2.37. The summed E-state index contributed by atoms with van der Waals surface area (Å²) in [5.74, 6) is -0.539. The van der Waals surface area contributed by atoms with Crippen LogP contribution in [-0.2, 0) is 21.3 Å². The molecule has 0 radical (unpaired) electrons. The molecule has 1 N–H and O–H groups in total. The maximum atomic E-state index is 13.1. The maximum Gasteiger partial charge on any atom is 0.214 e. The third-order valence-electron chi connectivity index (χ3n) is 4.49. The lowest BCUT2D eigenvalue weighted by Crippen LogP contribution is -2.39. The number of sulfonamides is 1. The average molecular weight is 348 g/mol. The number of hydrogen-bond acceptors (Lipinski definition) is 3. The Kier molecular flexibility index (Phi) is 4.47. The molecule has 1 heterocycles. The molecule has 1 aliphatic carbocycles. The van der Waals surface area contributed by atoms with Gasteiger partial charge in [-0.05, 0) is 49.8 Å². The van der Waals surface area contributed by atoms with E-state index in [0.717, 1.165) is 25.7 Å². The predicted molar refractivity (Wildman–Crippen MR) is 82.7 cm³/mol. The van der Waals surface area contributed by atoms with Crippen LogP contribution in [0.1, 0.15) is 37.7 Å². The Hall–Kier alpha value is -0.690. The van der Waals surface area contributed by atoms with Gasteiger partial charge in [0.25, 0.3) is 0 Å². The molecule has 4 nitrogen and oxygen atoms in total. The van der Waals surface area contributed by atoms with Gasteiger partial charge in [-0.1, -0.05) is 17.7 Å². The molecule has 1 atom stereocenters. The summed E-state index contributed by atoms with van der Waals surface area (Å²) in [5, 5.41) is -0.0113. The first-order valence-electron chi connectivity index (χ1n) is 7.47. The first-order chi connectivity index (χ1) is 10.4. The van der Waals surface area contributed by atoms with Crippen LogP contribution < -0.4 is 4.72 Å². The number of halogens is 2. The van der Waals surface area contributed by atoms with E-state index in [2.05, 4.69) is 4.72 Å². The van der Waals surface area contributed by atoms with Crippen LogP contribution in [-0.4, -0.2) is 25.9 Å². The van der Waals surface area contributed by atoms with E-state index < -0.39 is 15.8 Å². The quantitative estimate of drug-likeness (QED) is 0.890. The van der Waals surface area contributed by atoms with Crippen molar-refractivity contribution < 1.29 is 17.5 Å². The summed E-state index contributed by atoms with van der Waals surface area (Å²) in [7, 11) is -3.43. The van der Waals surface area contributed by atoms with E-state index in [9.17, 15) is 12.8 Å². The van der Waals surface area contributed by atoms with Crippen LogP contribution in [0.15, 0.2) is 18.2 Å². The standard InChI is InChI=1S/C15H19ClFNO3S/c16-13-8-11(2-3-14(13)17)9-18-22(19,20)10-12-4-7-15(21-12)5-1-6-15/h2-3,8,12,18H,1,4-7,9-10H2. The Labute approximate surface area is 135 Å². The monoisotopic (exact) mass is 347 g/mol. The fourth-order valence-electron chi connectivity index (χ4n) is 3.10. The van der Waals surface area contributed by atoms with Crippen LogP contribution in [0, 0.1) is 5.82 Å². The molecule has 0 aromatic heterocycles. The van der Waals surface area contributed by atoms with Crippen molar-refractivity contribution in [3.63, 3.8) is 0 Å². The largest absolute Gasteiger partial charge is 0.371 e. The molecule has 3 rings (SSSR count). The molecule has 1 aromatic rings. The first kappa shape index (κ1) is 16.2. The Morgan fingerprint density at radius 2 is 2.14 bits per heavy atom. The van der Waals surface area contributed by atoms with Crippen molar-refractivity contribution in [2.45, 2.75) is 50.4 Å². The van der Waals surface area contributed by atoms with Crippen LogP contribution in [0.3, 0.4) is 0 Å². The van der Waals surface area contributed by atoms with E-state index in [1.165, 1.54) is 24.6 Å². The molecular weight excluding hydrogens is 329 g/mol. The van der Waals surface area contributed by atoms with E-state index in [1.807, 2.05) is 0 Å². The molecule has 2 fully saturated rings. The topological polar surface area (TPSA) is 55.4 Å². The minimum absolute atomic E-state index is 0.0113. The van der Waals surface area contributed by atoms with Gasteiger partial charge in [0.2, 0.25) is 10.0 Å². The van der Waals surface area contributed by atoms with Gasteiger partial charge in [-0.2, -0.15) is 0 Å². The fourth-order valence-corrected chi connectivity index (χ4v) is 4.53. The highest BCUT2D eigenvalue weighted by Gasteiger charge is 2.45. The van der Waals surface area contributed by atoms with Gasteiger partial charge < -0.3 is 4.74 Å². The second kappa shape index (κ2) is 6.07. The maximum absolute atomic E-state index is 13.1. The smallest absolute Gasteiger partial charge is 0.214 e. The Bertz CT molecular complexity index is 661. The molecule has 0 bridgehead atoms. The highest BCUT2D eigenvalue weighted by molar-refractivity contribution is 7.89. The number of hydrogen-bond donors (Lipinski definition) is 1. The molecule has 2 aliphatic rings. The van der Waals surface area contributed by atoms with E-state index in [-0.39, 0.29) is 29.0 Å². The van der Waals surface area contributed by atoms with Gasteiger partial charge in [0.05, 0.1) is 22.5 Å². The second-order valence-electron chi connectivity index (χ2n) is 6.17. The van der Waals surface area contributed by atoms with Crippen molar-refractivity contribution in [3.05, 3.63) is 34.6 Å². The zero-order valence-corrected chi connectivity index (χ0v) is 13.7. The highest BCUT2D eigenvalue weighted by atomic mass is 35.5. The molecule has 7 heteroatoms. The molecule has 1 unspecified atom stereocenters. The predicted octanol–water partition coefficient (Wildman–Crippen LogP) is 3.00. The van der Waals surface area contributed by atoms with Crippen molar-refractivity contribution in [2.75, 3.05) is 5.75 Å². The first-order valence-corrected chi connectivity index (χ1v) is 9.50. The summed E-state index contributed by atoms with van der Waals surface area (Å²) < 4.78 is 45.8. The van der Waals surface area contributed by atoms with Gasteiger partial charge in [0, 0.05) is 6.54 Å². The van der Waals surface area contributed by atoms with Crippen molar-refractivity contribution in [1.82, 2.24) is 4.72 Å². The van der Waals surface area contributed by atoms with Crippen molar-refractivity contribution in [1.29, 1.82) is 0 Å². The lowest BCUT2D eigenvalue weighted by molar-refractivity contribution is -0.0842. The minimum atomic E-state index is -3.43. The summed E-state index contributed by atoms with van der Waals surface area (Å²) in [4.78, 5) is 0. The van der Waals surface area contributed by atoms with Crippen LogP contribution in [0.4, 0.5) is 4.39 Å². The van der Waals surface area contributed by atoms with Gasteiger partial charge in [-0.25, -0.2) is 17.5 Å². The second-order valence-corrected chi connectivity index (χ2v) is 8.42. The minimum Gasteiger partial charge on any atom is -0.371 e. The number of benzene rings is 1. The summed E-state index contributed by atoms with van der Waals surface area (Å²) >= 11 is 5.68. The van der Waals surface area contributed by atoms with Crippen LogP contribution in [0.25, 0.3) is 0 Å². The number of ether oxygens (including phenoxy) is 1. The van der Waals surface area contributed by atoms with E-state index in [1.54, 1.807) is 0 Å². The average Bonchev–Trinajstić information content (AvgIpc) is 2.84. The van der Waals surface area contributed by atoms with Crippen molar-refractivity contribution in [3.8, 4) is 0 Å². The summed E-state index contributed by atoms with van der Waals surface area (Å²) in [6.45, 7) is 0.0974. The van der Waals surface area contributed by atoms with Crippen LogP contribution in [0.5, 0.6) is 0 Å². The zero-order chi connectivity index (χ0) is 15.8. The summed E-state index contributed by atoms with van der Waals surface area (Å²) in [6, 6.07) is 4.17. The van der Waals surface area contributed by atoms with Crippen molar-refractivity contribution in [2.24, 2.45) is 0 Å². The molecule has 1 spiro atoms. The normalized spacial score (nSPS) is 23.6. The SMILES string of the molecule is O=S(=O)(CC1CCC2(CCC2)O1)NCc1ccc(F)c(Cl)c1. The Morgan fingerprint density at radius 1 is 1.36 bits per heavy atom. The number of rotatable bonds is 5. The summed E-state index contributed by atoms with van der Waals surface area (Å²) in [6.07, 6.45) is 4.79. The van der Waals surface area contributed by atoms with Gasteiger partial charge >= 0.3 is 0 Å². The van der Waals surface area contributed by atoms with E-state index >= 15 is 0 Å². The molecule has 1 aromatic carbocycles. The zero-order valence-electron chi connectivity index (χ0n) is 12.1. The third-order valence-corrected chi connectivity index (χ3v) is 6.17. The van der Waals surface area contributed by atoms with E-state index in [0.29, 0.717) is 5.56 Å². The van der Waals surface area contributed by atoms with Gasteiger partial charge in [0.15, 0.2) is 0 Å². The van der Waals surface area contributed by atoms with E-state index in [4.69, 9.17) is 16.3 Å². The Morgan fingerprint density at radius 3 is 2.73 bits per heavy atom. The molecule has 0 amide bonds. The fraction of sp³-hybridized carbons (Fsp3) is 0.600. The Balaban J connectivity index is 1.53. The molecule has 1 saturated heterocycles. The molecule has 1 saturated carbocycles. The highest BCUT2D eigenvalue weighted by Crippen LogP contribution is 2.45. The van der Waals surface area contributed by atoms with Crippen LogP contribution >= 0.6 is 11.6 Å². The van der Waals surface area contributed by atoms with Gasteiger partial charge in [-0.3, -0.25) is 0 Å². The van der Waals surface area contributed by atoms with Gasteiger partial charge in [-0.15, -0.1) is 0 Å². The number of nitrogens with one attached hydrogen (secondary N) is 1. The molecule has 122 valence electrons. The van der Waals surface area contributed by atoms with Gasteiger partial charge in [0.1, 0.15) is 5.82 Å². The molecule has 1 aliphatic heterocycles.